The number of carbonyl (C=O) groups excluding carboxylic acids is 2. The maximum atomic E-state index is 12.2. The Morgan fingerprint density at radius 3 is 2.36 bits per heavy atom. The summed E-state index contributed by atoms with van der Waals surface area (Å²) in [4.78, 5) is 24.3. The fourth-order valence-electron chi connectivity index (χ4n) is 2.27. The van der Waals surface area contributed by atoms with E-state index in [4.69, 9.17) is 16.0 Å². The molecule has 0 saturated heterocycles. The number of carbonyl (C=O) groups is 2. The Labute approximate surface area is 149 Å². The SMILES string of the molecule is Cc1ccoc1C(=O)Nc1ccc(NC(=O)c2ccccc2)c(Cl)c1. The van der Waals surface area contributed by atoms with Gasteiger partial charge in [-0.2, -0.15) is 0 Å². The van der Waals surface area contributed by atoms with Gasteiger partial charge in [0.15, 0.2) is 5.76 Å². The van der Waals surface area contributed by atoms with Gasteiger partial charge in [-0.15, -0.1) is 0 Å². The molecule has 5 nitrogen and oxygen atoms in total. The van der Waals surface area contributed by atoms with Crippen molar-refractivity contribution in [2.75, 3.05) is 10.6 Å². The molecule has 3 aromatic rings. The number of hydrogen-bond acceptors (Lipinski definition) is 3. The van der Waals surface area contributed by atoms with Gasteiger partial charge in [-0.25, -0.2) is 0 Å². The number of hydrogen-bond donors (Lipinski definition) is 2. The minimum absolute atomic E-state index is 0.248. The minimum Gasteiger partial charge on any atom is -0.459 e. The number of halogens is 1. The van der Waals surface area contributed by atoms with Gasteiger partial charge in [-0.1, -0.05) is 29.8 Å². The summed E-state index contributed by atoms with van der Waals surface area (Å²) in [6.45, 7) is 1.79. The van der Waals surface area contributed by atoms with Crippen LogP contribution in [0.25, 0.3) is 0 Å². The molecule has 0 atom stereocenters. The molecule has 0 bridgehead atoms. The van der Waals surface area contributed by atoms with Crippen molar-refractivity contribution < 1.29 is 14.0 Å². The average molecular weight is 355 g/mol. The predicted molar refractivity (Wildman–Crippen MR) is 97.2 cm³/mol. The van der Waals surface area contributed by atoms with Gasteiger partial charge in [0.1, 0.15) is 0 Å². The molecule has 2 amide bonds. The highest BCUT2D eigenvalue weighted by atomic mass is 35.5. The van der Waals surface area contributed by atoms with Gasteiger partial charge in [-0.3, -0.25) is 9.59 Å². The molecular formula is C19H15ClN2O3. The van der Waals surface area contributed by atoms with E-state index >= 15 is 0 Å². The van der Waals surface area contributed by atoms with E-state index in [1.54, 1.807) is 55.5 Å². The van der Waals surface area contributed by atoms with Crippen molar-refractivity contribution in [3.63, 3.8) is 0 Å². The average Bonchev–Trinajstić information content (AvgIpc) is 3.04. The highest BCUT2D eigenvalue weighted by molar-refractivity contribution is 6.34. The second-order valence-electron chi connectivity index (χ2n) is 5.40. The zero-order valence-corrected chi connectivity index (χ0v) is 14.1. The second kappa shape index (κ2) is 7.23. The molecule has 1 aromatic heterocycles. The number of anilines is 2. The highest BCUT2D eigenvalue weighted by Crippen LogP contribution is 2.26. The molecule has 0 fully saturated rings. The monoisotopic (exact) mass is 354 g/mol. The van der Waals surface area contributed by atoms with E-state index in [0.29, 0.717) is 22.0 Å². The number of rotatable bonds is 4. The molecule has 6 heteroatoms. The number of aryl methyl sites for hydroxylation is 1. The van der Waals surface area contributed by atoms with Crippen molar-refractivity contribution in [3.05, 3.63) is 82.8 Å². The number of furan rings is 1. The molecule has 0 aliphatic rings. The van der Waals surface area contributed by atoms with E-state index in [1.807, 2.05) is 6.07 Å². The first kappa shape index (κ1) is 16.8. The Hall–Kier alpha value is -3.05. The number of benzene rings is 2. The Morgan fingerprint density at radius 2 is 1.72 bits per heavy atom. The van der Waals surface area contributed by atoms with Crippen LogP contribution >= 0.6 is 11.6 Å². The lowest BCUT2D eigenvalue weighted by molar-refractivity contribution is 0.0993. The van der Waals surface area contributed by atoms with Crippen LogP contribution in [0.4, 0.5) is 11.4 Å². The summed E-state index contributed by atoms with van der Waals surface area (Å²) in [7, 11) is 0. The lowest BCUT2D eigenvalue weighted by atomic mass is 10.2. The van der Waals surface area contributed by atoms with Crippen LogP contribution in [-0.2, 0) is 0 Å². The van der Waals surface area contributed by atoms with E-state index in [1.165, 1.54) is 6.26 Å². The molecule has 1 heterocycles. The summed E-state index contributed by atoms with van der Waals surface area (Å²) in [5, 5.41) is 5.77. The first-order chi connectivity index (χ1) is 12.0. The number of nitrogens with one attached hydrogen (secondary N) is 2. The second-order valence-corrected chi connectivity index (χ2v) is 5.81. The van der Waals surface area contributed by atoms with E-state index < -0.39 is 0 Å². The Kier molecular flexibility index (Phi) is 4.86. The van der Waals surface area contributed by atoms with Crippen molar-refractivity contribution in [3.8, 4) is 0 Å². The van der Waals surface area contributed by atoms with Crippen molar-refractivity contribution in [1.29, 1.82) is 0 Å². The fraction of sp³-hybridized carbons (Fsp3) is 0.0526. The maximum Gasteiger partial charge on any atom is 0.291 e. The number of amides is 2. The zero-order valence-electron chi connectivity index (χ0n) is 13.4. The lowest BCUT2D eigenvalue weighted by Gasteiger charge is -2.10. The van der Waals surface area contributed by atoms with Crippen LogP contribution in [0.3, 0.4) is 0 Å². The summed E-state index contributed by atoms with van der Waals surface area (Å²) in [6, 6.07) is 15.4. The van der Waals surface area contributed by atoms with Crippen molar-refractivity contribution in [1.82, 2.24) is 0 Å². The Bertz CT molecular complexity index is 919. The van der Waals surface area contributed by atoms with E-state index in [2.05, 4.69) is 10.6 Å². The van der Waals surface area contributed by atoms with Crippen molar-refractivity contribution >= 4 is 34.8 Å². The summed E-state index contributed by atoms with van der Waals surface area (Å²) in [5.74, 6) is -0.372. The van der Waals surface area contributed by atoms with Crippen molar-refractivity contribution in [2.24, 2.45) is 0 Å². The van der Waals surface area contributed by atoms with Gasteiger partial charge in [-0.05, 0) is 43.3 Å². The third kappa shape index (κ3) is 3.89. The van der Waals surface area contributed by atoms with Gasteiger partial charge < -0.3 is 15.1 Å². The first-order valence-corrected chi connectivity index (χ1v) is 7.94. The predicted octanol–water partition coefficient (Wildman–Crippen LogP) is 4.75. The molecule has 0 radical (unpaired) electrons. The maximum absolute atomic E-state index is 12.2. The molecule has 3 rings (SSSR count). The summed E-state index contributed by atoms with van der Waals surface area (Å²) >= 11 is 6.21. The van der Waals surface area contributed by atoms with E-state index in [0.717, 1.165) is 5.56 Å². The molecule has 0 unspecified atom stereocenters. The highest BCUT2D eigenvalue weighted by Gasteiger charge is 2.14. The van der Waals surface area contributed by atoms with Crippen molar-refractivity contribution in [2.45, 2.75) is 6.92 Å². The van der Waals surface area contributed by atoms with Gasteiger partial charge >= 0.3 is 0 Å². The molecule has 0 aliphatic carbocycles. The molecule has 0 aliphatic heterocycles. The minimum atomic E-state index is -0.361. The summed E-state index contributed by atoms with van der Waals surface area (Å²) in [5.41, 5.74) is 2.24. The van der Waals surface area contributed by atoms with Crippen LogP contribution in [0.5, 0.6) is 0 Å². The van der Waals surface area contributed by atoms with E-state index in [9.17, 15) is 9.59 Å². The fourth-order valence-corrected chi connectivity index (χ4v) is 2.50. The largest absolute Gasteiger partial charge is 0.459 e. The van der Waals surface area contributed by atoms with Crippen LogP contribution in [0.15, 0.2) is 65.3 Å². The normalized spacial score (nSPS) is 10.3. The van der Waals surface area contributed by atoms with Gasteiger partial charge in [0, 0.05) is 16.8 Å². The van der Waals surface area contributed by atoms with Crippen LogP contribution < -0.4 is 10.6 Å². The van der Waals surface area contributed by atoms with Gasteiger partial charge in [0.2, 0.25) is 0 Å². The summed E-state index contributed by atoms with van der Waals surface area (Å²) < 4.78 is 5.15. The molecule has 0 spiro atoms. The topological polar surface area (TPSA) is 71.3 Å². The van der Waals surface area contributed by atoms with E-state index in [-0.39, 0.29) is 17.6 Å². The molecule has 2 aromatic carbocycles. The van der Waals surface area contributed by atoms with Crippen LogP contribution in [-0.4, -0.2) is 11.8 Å². The lowest BCUT2D eigenvalue weighted by Crippen LogP contribution is -2.13. The zero-order chi connectivity index (χ0) is 17.8. The quantitative estimate of drug-likeness (QED) is 0.710. The molecule has 126 valence electrons. The smallest absolute Gasteiger partial charge is 0.291 e. The van der Waals surface area contributed by atoms with Crippen LogP contribution in [0, 0.1) is 6.92 Å². The summed E-state index contributed by atoms with van der Waals surface area (Å²) in [6.07, 6.45) is 1.46. The molecule has 2 N–H and O–H groups in total. The van der Waals surface area contributed by atoms with Gasteiger partial charge in [0.05, 0.1) is 17.0 Å². The third-order valence-electron chi connectivity index (χ3n) is 3.58. The molecule has 0 saturated carbocycles. The van der Waals surface area contributed by atoms with Crippen LogP contribution in [0.1, 0.15) is 26.5 Å². The first-order valence-electron chi connectivity index (χ1n) is 7.56. The standard InChI is InChI=1S/C19H15ClN2O3/c1-12-9-10-25-17(12)19(24)21-14-7-8-16(15(20)11-14)22-18(23)13-5-3-2-4-6-13/h2-11H,1H3,(H,21,24)(H,22,23). The third-order valence-corrected chi connectivity index (χ3v) is 3.89. The Balaban J connectivity index is 1.72. The molecule has 25 heavy (non-hydrogen) atoms. The van der Waals surface area contributed by atoms with Gasteiger partial charge in [0.25, 0.3) is 11.8 Å². The van der Waals surface area contributed by atoms with Crippen LogP contribution in [0.2, 0.25) is 5.02 Å². The molecular weight excluding hydrogens is 340 g/mol. The Morgan fingerprint density at radius 1 is 0.960 bits per heavy atom.